The monoisotopic (exact) mass is 305 g/mol. The molecule has 122 valence electrons. The Labute approximate surface area is 133 Å². The van der Waals surface area contributed by atoms with Crippen molar-refractivity contribution in [3.63, 3.8) is 0 Å². The Morgan fingerprint density at radius 1 is 1.23 bits per heavy atom. The van der Waals surface area contributed by atoms with Crippen molar-refractivity contribution in [1.29, 1.82) is 0 Å². The van der Waals surface area contributed by atoms with Crippen LogP contribution in [-0.2, 0) is 4.74 Å². The van der Waals surface area contributed by atoms with Crippen LogP contribution in [0.2, 0.25) is 0 Å². The maximum atomic E-state index is 12.2. The van der Waals surface area contributed by atoms with Gasteiger partial charge in [0.15, 0.2) is 0 Å². The average Bonchev–Trinajstić information content (AvgIpc) is 2.45. The number of benzene rings is 1. The Morgan fingerprint density at radius 2 is 1.86 bits per heavy atom. The Hall–Kier alpha value is -1.71. The molecule has 2 atom stereocenters. The van der Waals surface area contributed by atoms with Crippen LogP contribution in [0.5, 0.6) is 5.75 Å². The fraction of sp³-hybridized carbons (Fsp3) is 0.611. The minimum atomic E-state index is -0.437. The van der Waals surface area contributed by atoms with Gasteiger partial charge in [-0.15, -0.1) is 0 Å². The summed E-state index contributed by atoms with van der Waals surface area (Å²) in [6.45, 7) is 9.39. The summed E-state index contributed by atoms with van der Waals surface area (Å²) in [4.78, 5) is 14.0. The van der Waals surface area contributed by atoms with Gasteiger partial charge in [0.05, 0.1) is 7.11 Å². The predicted molar refractivity (Wildman–Crippen MR) is 87.3 cm³/mol. The highest BCUT2D eigenvalue weighted by molar-refractivity contribution is 5.68. The van der Waals surface area contributed by atoms with E-state index in [1.54, 1.807) is 7.11 Å². The summed E-state index contributed by atoms with van der Waals surface area (Å²) in [5.74, 6) is 1.77. The van der Waals surface area contributed by atoms with Gasteiger partial charge in [-0.3, -0.25) is 0 Å². The first-order valence-electron chi connectivity index (χ1n) is 7.92. The molecule has 0 aromatic heterocycles. The third kappa shape index (κ3) is 4.15. The van der Waals surface area contributed by atoms with Crippen molar-refractivity contribution < 1.29 is 14.3 Å². The summed E-state index contributed by atoms with van der Waals surface area (Å²) in [5.41, 5.74) is 0.879. The van der Waals surface area contributed by atoms with Gasteiger partial charge < -0.3 is 14.4 Å². The molecular weight excluding hydrogens is 278 g/mol. The van der Waals surface area contributed by atoms with Gasteiger partial charge in [-0.25, -0.2) is 4.79 Å². The number of amides is 1. The second-order valence-electron chi connectivity index (χ2n) is 7.07. The van der Waals surface area contributed by atoms with E-state index in [9.17, 15) is 4.79 Å². The molecule has 2 rings (SSSR count). The van der Waals surface area contributed by atoms with E-state index in [1.165, 1.54) is 5.56 Å². The van der Waals surface area contributed by atoms with Crippen LogP contribution < -0.4 is 4.74 Å². The maximum absolute atomic E-state index is 12.2. The Balaban J connectivity index is 1.98. The zero-order chi connectivity index (χ0) is 16.3. The van der Waals surface area contributed by atoms with Gasteiger partial charge in [0.25, 0.3) is 0 Å². The predicted octanol–water partition coefficient (Wildman–Crippen LogP) is 4.06. The minimum absolute atomic E-state index is 0.201. The summed E-state index contributed by atoms with van der Waals surface area (Å²) in [5, 5.41) is 0. The number of methoxy groups -OCH3 is 1. The van der Waals surface area contributed by atoms with Gasteiger partial charge in [-0.05, 0) is 56.7 Å². The third-order valence-electron chi connectivity index (χ3n) is 4.10. The van der Waals surface area contributed by atoms with Crippen LogP contribution in [-0.4, -0.2) is 36.8 Å². The Bertz CT molecular complexity index is 504. The highest BCUT2D eigenvalue weighted by Gasteiger charge is 2.31. The molecule has 1 fully saturated rings. The van der Waals surface area contributed by atoms with Crippen LogP contribution in [0, 0.1) is 5.92 Å². The largest absolute Gasteiger partial charge is 0.497 e. The number of carbonyl (C=O) groups excluding carboxylic acids is 1. The molecule has 4 heteroatoms. The van der Waals surface area contributed by atoms with E-state index < -0.39 is 5.60 Å². The fourth-order valence-electron chi connectivity index (χ4n) is 2.98. The molecule has 0 N–H and O–H groups in total. The number of piperidine rings is 1. The molecule has 1 amide bonds. The molecule has 4 nitrogen and oxygen atoms in total. The van der Waals surface area contributed by atoms with Crippen LogP contribution in [0.1, 0.15) is 45.6 Å². The number of nitrogens with zero attached hydrogens (tertiary/aromatic N) is 1. The van der Waals surface area contributed by atoms with Crippen LogP contribution in [0.25, 0.3) is 0 Å². The lowest BCUT2D eigenvalue weighted by Crippen LogP contribution is -2.44. The molecule has 22 heavy (non-hydrogen) atoms. The lowest BCUT2D eigenvalue weighted by molar-refractivity contribution is 0.0155. The highest BCUT2D eigenvalue weighted by Crippen LogP contribution is 2.34. The maximum Gasteiger partial charge on any atom is 0.410 e. The van der Waals surface area contributed by atoms with Crippen LogP contribution in [0.15, 0.2) is 24.3 Å². The quantitative estimate of drug-likeness (QED) is 0.827. The average molecular weight is 305 g/mol. The van der Waals surface area contributed by atoms with Crippen molar-refractivity contribution in [2.75, 3.05) is 20.2 Å². The third-order valence-corrected chi connectivity index (χ3v) is 4.10. The smallest absolute Gasteiger partial charge is 0.410 e. The molecule has 1 aliphatic heterocycles. The van der Waals surface area contributed by atoms with Crippen molar-refractivity contribution in [3.8, 4) is 5.75 Å². The van der Waals surface area contributed by atoms with Crippen molar-refractivity contribution in [1.82, 2.24) is 4.90 Å². The van der Waals surface area contributed by atoms with Crippen LogP contribution in [0.3, 0.4) is 0 Å². The number of ether oxygens (including phenoxy) is 2. The number of hydrogen-bond acceptors (Lipinski definition) is 3. The van der Waals surface area contributed by atoms with Crippen molar-refractivity contribution in [3.05, 3.63) is 29.8 Å². The number of likely N-dealkylation sites (tertiary alicyclic amines) is 1. The van der Waals surface area contributed by atoms with Crippen LogP contribution in [0.4, 0.5) is 4.79 Å². The van der Waals surface area contributed by atoms with Gasteiger partial charge in [0, 0.05) is 13.1 Å². The first kappa shape index (κ1) is 16.7. The van der Waals surface area contributed by atoms with E-state index in [1.807, 2.05) is 37.8 Å². The van der Waals surface area contributed by atoms with Gasteiger partial charge in [-0.1, -0.05) is 19.1 Å². The Morgan fingerprint density at radius 3 is 2.36 bits per heavy atom. The molecule has 0 saturated carbocycles. The second kappa shape index (κ2) is 6.59. The normalized spacial score (nSPS) is 22.3. The van der Waals surface area contributed by atoms with E-state index in [-0.39, 0.29) is 6.09 Å². The molecule has 1 saturated heterocycles. The molecule has 1 aromatic carbocycles. The fourth-order valence-corrected chi connectivity index (χ4v) is 2.98. The molecule has 1 unspecified atom stereocenters. The van der Waals surface area contributed by atoms with Crippen molar-refractivity contribution >= 4 is 6.09 Å². The minimum Gasteiger partial charge on any atom is -0.497 e. The zero-order valence-corrected chi connectivity index (χ0v) is 14.3. The highest BCUT2D eigenvalue weighted by atomic mass is 16.6. The summed E-state index contributed by atoms with van der Waals surface area (Å²) < 4.78 is 10.7. The van der Waals surface area contributed by atoms with Gasteiger partial charge in [-0.2, -0.15) is 0 Å². The van der Waals surface area contributed by atoms with Gasteiger partial charge >= 0.3 is 6.09 Å². The Kier molecular flexibility index (Phi) is 4.99. The summed E-state index contributed by atoms with van der Waals surface area (Å²) in [6, 6.07) is 8.26. The van der Waals surface area contributed by atoms with E-state index in [4.69, 9.17) is 9.47 Å². The first-order chi connectivity index (χ1) is 10.3. The molecule has 1 aromatic rings. The van der Waals surface area contributed by atoms with Gasteiger partial charge in [0.1, 0.15) is 11.4 Å². The topological polar surface area (TPSA) is 38.8 Å². The lowest BCUT2D eigenvalue weighted by atomic mass is 9.82. The number of carbonyl (C=O) groups is 1. The van der Waals surface area contributed by atoms with E-state index in [0.29, 0.717) is 11.8 Å². The summed E-state index contributed by atoms with van der Waals surface area (Å²) >= 11 is 0. The number of rotatable bonds is 2. The van der Waals surface area contributed by atoms with Crippen molar-refractivity contribution in [2.24, 2.45) is 5.92 Å². The first-order valence-corrected chi connectivity index (χ1v) is 7.92. The van der Waals surface area contributed by atoms with E-state index >= 15 is 0 Å². The molecule has 1 aliphatic rings. The standard InChI is InChI=1S/C18H27NO3/c1-13-12-19(17(20)22-18(2,3)4)11-10-16(13)14-6-8-15(21-5)9-7-14/h6-9,13,16H,10-12H2,1-5H3/t13?,16-/m1/s1. The molecule has 0 radical (unpaired) electrons. The molecule has 0 spiro atoms. The van der Waals surface area contributed by atoms with Crippen LogP contribution >= 0.6 is 0 Å². The van der Waals surface area contributed by atoms with E-state index in [0.717, 1.165) is 25.3 Å². The van der Waals surface area contributed by atoms with E-state index in [2.05, 4.69) is 19.1 Å². The summed E-state index contributed by atoms with van der Waals surface area (Å²) in [7, 11) is 1.68. The lowest BCUT2D eigenvalue weighted by Gasteiger charge is -2.37. The molecule has 0 aliphatic carbocycles. The van der Waals surface area contributed by atoms with Gasteiger partial charge in [0.2, 0.25) is 0 Å². The second-order valence-corrected chi connectivity index (χ2v) is 7.07. The number of hydrogen-bond donors (Lipinski definition) is 0. The molecule has 1 heterocycles. The molecule has 0 bridgehead atoms. The summed E-state index contributed by atoms with van der Waals surface area (Å²) in [6.07, 6.45) is 0.764. The van der Waals surface area contributed by atoms with Crippen molar-refractivity contribution in [2.45, 2.75) is 45.6 Å². The SMILES string of the molecule is COc1ccc([C@@H]2CCN(C(=O)OC(C)(C)C)CC2C)cc1. The molecular formula is C18H27NO3. The zero-order valence-electron chi connectivity index (χ0n) is 14.3.